The van der Waals surface area contributed by atoms with Gasteiger partial charge in [0.2, 0.25) is 5.91 Å². The van der Waals surface area contributed by atoms with Crippen LogP contribution in [0.25, 0.3) is 0 Å². The van der Waals surface area contributed by atoms with Gasteiger partial charge in [0.25, 0.3) is 0 Å². The zero-order chi connectivity index (χ0) is 19.9. The average molecular weight is 387 g/mol. The molecule has 6 heteroatoms. The Hall–Kier alpha value is -2.31. The zero-order valence-electron chi connectivity index (χ0n) is 16.1. The minimum Gasteiger partial charge on any atom is -0.352 e. The Morgan fingerprint density at radius 1 is 1.11 bits per heavy atom. The molecular formula is C22H27F2N3O. The number of carbonyl (C=O) groups excluding carboxylic acids is 1. The minimum absolute atomic E-state index is 0.0732. The Balaban J connectivity index is 1.38. The molecule has 2 aromatic carbocycles. The standard InChI is InChI=1S/C22H27F2N3O/c1-16(18-7-8-20(23)21(24)13-18)25-14-22(28)26-19-9-11-27(12-10-19)15-17-5-3-2-4-6-17/h2-8,13,16,19,25H,9-12,14-15H2,1H3,(H,26,28)/t16-/m1/s1. The summed E-state index contributed by atoms with van der Waals surface area (Å²) in [5, 5.41) is 6.13. The third kappa shape index (κ3) is 5.84. The maximum atomic E-state index is 13.3. The van der Waals surface area contributed by atoms with E-state index < -0.39 is 11.6 Å². The number of hydrogen-bond donors (Lipinski definition) is 2. The monoisotopic (exact) mass is 387 g/mol. The van der Waals surface area contributed by atoms with Crippen molar-refractivity contribution in [1.82, 2.24) is 15.5 Å². The third-order valence-electron chi connectivity index (χ3n) is 5.21. The Morgan fingerprint density at radius 3 is 2.50 bits per heavy atom. The van der Waals surface area contributed by atoms with Crippen molar-refractivity contribution in [1.29, 1.82) is 0 Å². The number of likely N-dealkylation sites (tertiary alicyclic amines) is 1. The number of benzene rings is 2. The molecule has 1 aliphatic heterocycles. The van der Waals surface area contributed by atoms with Crippen molar-refractivity contribution >= 4 is 5.91 Å². The summed E-state index contributed by atoms with van der Waals surface area (Å²) in [6, 6.07) is 14.1. The van der Waals surface area contributed by atoms with Gasteiger partial charge < -0.3 is 10.6 Å². The Labute approximate surface area is 164 Å². The molecule has 2 aromatic rings. The van der Waals surface area contributed by atoms with Crippen molar-refractivity contribution in [3.05, 3.63) is 71.3 Å². The van der Waals surface area contributed by atoms with Crippen molar-refractivity contribution in [2.24, 2.45) is 0 Å². The summed E-state index contributed by atoms with van der Waals surface area (Å²) in [5.41, 5.74) is 1.92. The molecule has 1 heterocycles. The van der Waals surface area contributed by atoms with Crippen LogP contribution in [-0.4, -0.2) is 36.5 Å². The van der Waals surface area contributed by atoms with Gasteiger partial charge in [-0.25, -0.2) is 8.78 Å². The van der Waals surface area contributed by atoms with Crippen molar-refractivity contribution in [2.45, 2.75) is 38.4 Å². The van der Waals surface area contributed by atoms with Gasteiger partial charge in [0.1, 0.15) is 0 Å². The first kappa shape index (κ1) is 20.4. The molecule has 4 nitrogen and oxygen atoms in total. The zero-order valence-corrected chi connectivity index (χ0v) is 16.1. The molecule has 3 rings (SSSR count). The first-order chi connectivity index (χ1) is 13.5. The van der Waals surface area contributed by atoms with Gasteiger partial charge in [-0.1, -0.05) is 36.4 Å². The van der Waals surface area contributed by atoms with Crippen LogP contribution in [0, 0.1) is 11.6 Å². The van der Waals surface area contributed by atoms with Crippen molar-refractivity contribution < 1.29 is 13.6 Å². The second kappa shape index (κ2) is 9.75. The SMILES string of the molecule is C[C@@H](NCC(=O)NC1CCN(Cc2ccccc2)CC1)c1ccc(F)c(F)c1. The van der Waals surface area contributed by atoms with Crippen LogP contribution in [0.5, 0.6) is 0 Å². The predicted octanol–water partition coefficient (Wildman–Crippen LogP) is 3.40. The maximum absolute atomic E-state index is 13.3. The molecule has 1 fully saturated rings. The van der Waals surface area contributed by atoms with Gasteiger partial charge in [-0.3, -0.25) is 9.69 Å². The number of piperidine rings is 1. The van der Waals surface area contributed by atoms with Gasteiger partial charge in [0, 0.05) is 31.7 Å². The Bertz CT molecular complexity index is 777. The molecule has 1 aliphatic rings. The van der Waals surface area contributed by atoms with Crippen LogP contribution >= 0.6 is 0 Å². The first-order valence-electron chi connectivity index (χ1n) is 9.75. The molecule has 0 aromatic heterocycles. The highest BCUT2D eigenvalue weighted by Crippen LogP contribution is 2.16. The number of amides is 1. The van der Waals surface area contributed by atoms with E-state index in [-0.39, 0.29) is 24.5 Å². The number of nitrogens with one attached hydrogen (secondary N) is 2. The lowest BCUT2D eigenvalue weighted by Crippen LogP contribution is -2.46. The van der Waals surface area contributed by atoms with Crippen LogP contribution in [0.1, 0.15) is 36.9 Å². The highest BCUT2D eigenvalue weighted by molar-refractivity contribution is 5.78. The van der Waals surface area contributed by atoms with Crippen LogP contribution in [0.3, 0.4) is 0 Å². The molecule has 0 aliphatic carbocycles. The van der Waals surface area contributed by atoms with Gasteiger partial charge in [-0.05, 0) is 43.0 Å². The third-order valence-corrected chi connectivity index (χ3v) is 5.21. The lowest BCUT2D eigenvalue weighted by molar-refractivity contribution is -0.121. The quantitative estimate of drug-likeness (QED) is 0.765. The van der Waals surface area contributed by atoms with E-state index in [9.17, 15) is 13.6 Å². The van der Waals surface area contributed by atoms with E-state index >= 15 is 0 Å². The highest BCUT2D eigenvalue weighted by atomic mass is 19.2. The van der Waals surface area contributed by atoms with Crippen molar-refractivity contribution in [2.75, 3.05) is 19.6 Å². The maximum Gasteiger partial charge on any atom is 0.234 e. The smallest absolute Gasteiger partial charge is 0.234 e. The second-order valence-electron chi connectivity index (χ2n) is 7.38. The number of halogens is 2. The molecule has 1 atom stereocenters. The molecule has 0 saturated carbocycles. The molecule has 0 spiro atoms. The normalized spacial score (nSPS) is 16.7. The van der Waals surface area contributed by atoms with Crippen LogP contribution in [0.2, 0.25) is 0 Å². The van der Waals surface area contributed by atoms with Gasteiger partial charge in [0.15, 0.2) is 11.6 Å². The fourth-order valence-electron chi connectivity index (χ4n) is 3.50. The van der Waals surface area contributed by atoms with E-state index in [2.05, 4.69) is 39.8 Å². The minimum atomic E-state index is -0.877. The summed E-state index contributed by atoms with van der Waals surface area (Å²) in [4.78, 5) is 14.6. The van der Waals surface area contributed by atoms with Crippen molar-refractivity contribution in [3.63, 3.8) is 0 Å². The number of hydrogen-bond acceptors (Lipinski definition) is 3. The van der Waals surface area contributed by atoms with Gasteiger partial charge in [-0.2, -0.15) is 0 Å². The predicted molar refractivity (Wildman–Crippen MR) is 106 cm³/mol. The lowest BCUT2D eigenvalue weighted by atomic mass is 10.0. The van der Waals surface area contributed by atoms with E-state index in [0.717, 1.165) is 44.6 Å². The molecule has 1 saturated heterocycles. The molecule has 0 bridgehead atoms. The topological polar surface area (TPSA) is 44.4 Å². The molecule has 28 heavy (non-hydrogen) atoms. The fraction of sp³-hybridized carbons (Fsp3) is 0.409. The number of rotatable bonds is 7. The van der Waals surface area contributed by atoms with E-state index in [1.807, 2.05) is 13.0 Å². The van der Waals surface area contributed by atoms with Crippen LogP contribution in [0.4, 0.5) is 8.78 Å². The summed E-state index contributed by atoms with van der Waals surface area (Å²) in [5.74, 6) is -1.82. The lowest BCUT2D eigenvalue weighted by Gasteiger charge is -2.32. The van der Waals surface area contributed by atoms with Crippen LogP contribution in [0.15, 0.2) is 48.5 Å². The van der Waals surface area contributed by atoms with Gasteiger partial charge >= 0.3 is 0 Å². The summed E-state index contributed by atoms with van der Waals surface area (Å²) >= 11 is 0. The molecule has 0 unspecified atom stereocenters. The summed E-state index contributed by atoms with van der Waals surface area (Å²) in [7, 11) is 0. The van der Waals surface area contributed by atoms with E-state index in [4.69, 9.17) is 0 Å². The van der Waals surface area contributed by atoms with Crippen LogP contribution < -0.4 is 10.6 Å². The molecule has 1 amide bonds. The summed E-state index contributed by atoms with van der Waals surface area (Å²) < 4.78 is 26.4. The van der Waals surface area contributed by atoms with Crippen LogP contribution in [-0.2, 0) is 11.3 Å². The molecule has 2 N–H and O–H groups in total. The Kier molecular flexibility index (Phi) is 7.12. The average Bonchev–Trinajstić information content (AvgIpc) is 2.70. The van der Waals surface area contributed by atoms with Gasteiger partial charge in [0.05, 0.1) is 6.54 Å². The number of nitrogens with zero attached hydrogens (tertiary/aromatic N) is 1. The first-order valence-corrected chi connectivity index (χ1v) is 9.75. The molecule has 0 radical (unpaired) electrons. The Morgan fingerprint density at radius 2 is 1.82 bits per heavy atom. The summed E-state index contributed by atoms with van der Waals surface area (Å²) in [6.07, 6.45) is 1.86. The highest BCUT2D eigenvalue weighted by Gasteiger charge is 2.21. The number of carbonyl (C=O) groups is 1. The van der Waals surface area contributed by atoms with E-state index in [1.165, 1.54) is 11.6 Å². The largest absolute Gasteiger partial charge is 0.352 e. The summed E-state index contributed by atoms with van der Waals surface area (Å²) in [6.45, 7) is 4.82. The fourth-order valence-corrected chi connectivity index (χ4v) is 3.50. The second-order valence-corrected chi connectivity index (χ2v) is 7.38. The van der Waals surface area contributed by atoms with E-state index in [0.29, 0.717) is 5.56 Å². The van der Waals surface area contributed by atoms with E-state index in [1.54, 1.807) is 0 Å². The van der Waals surface area contributed by atoms with Gasteiger partial charge in [-0.15, -0.1) is 0 Å². The molecule has 150 valence electrons. The molecular weight excluding hydrogens is 360 g/mol. The van der Waals surface area contributed by atoms with Crippen molar-refractivity contribution in [3.8, 4) is 0 Å².